The first-order valence-corrected chi connectivity index (χ1v) is 6.78. The number of benzene rings is 1. The number of rotatable bonds is 7. The predicted octanol–water partition coefficient (Wildman–Crippen LogP) is 2.28. The molecule has 1 aromatic rings. The van der Waals surface area contributed by atoms with E-state index in [9.17, 15) is 9.59 Å². The van der Waals surface area contributed by atoms with Crippen LogP contribution in [0.25, 0.3) is 6.08 Å². The summed E-state index contributed by atoms with van der Waals surface area (Å²) in [5.74, 6) is -1.09. The second kappa shape index (κ2) is 8.21. The molecule has 1 rings (SSSR count). The summed E-state index contributed by atoms with van der Waals surface area (Å²) in [5.41, 5.74) is 1.30. The molecule has 0 saturated heterocycles. The van der Waals surface area contributed by atoms with Gasteiger partial charge in [0, 0.05) is 25.2 Å². The van der Waals surface area contributed by atoms with Gasteiger partial charge in [0.05, 0.1) is 12.7 Å². The van der Waals surface area contributed by atoms with Crippen molar-refractivity contribution in [1.82, 2.24) is 4.90 Å². The lowest BCUT2D eigenvalue weighted by Gasteiger charge is -2.18. The maximum absolute atomic E-state index is 12.2. The Bertz CT molecular complexity index is 506. The lowest BCUT2D eigenvalue weighted by Crippen LogP contribution is -2.30. The Balaban J connectivity index is 2.60. The van der Waals surface area contributed by atoms with Gasteiger partial charge in [-0.1, -0.05) is 12.1 Å². The van der Waals surface area contributed by atoms with Crippen molar-refractivity contribution in [2.45, 2.75) is 20.0 Å². The van der Waals surface area contributed by atoms with Crippen molar-refractivity contribution >= 4 is 18.0 Å². The van der Waals surface area contributed by atoms with Crippen LogP contribution in [0.4, 0.5) is 0 Å². The zero-order chi connectivity index (χ0) is 15.8. The zero-order valence-corrected chi connectivity index (χ0v) is 12.6. The van der Waals surface area contributed by atoms with Gasteiger partial charge in [0.1, 0.15) is 0 Å². The first-order chi connectivity index (χ1) is 9.90. The van der Waals surface area contributed by atoms with Crippen molar-refractivity contribution in [3.8, 4) is 0 Å². The molecule has 0 aliphatic heterocycles. The molecule has 1 N–H and O–H groups in total. The summed E-state index contributed by atoms with van der Waals surface area (Å²) in [7, 11) is 1.73. The number of hydrogen-bond donors (Lipinski definition) is 1. The fourth-order valence-electron chi connectivity index (χ4n) is 1.65. The molecular weight excluding hydrogens is 270 g/mol. The third-order valence-electron chi connectivity index (χ3n) is 2.80. The van der Waals surface area contributed by atoms with Gasteiger partial charge in [-0.25, -0.2) is 4.79 Å². The summed E-state index contributed by atoms with van der Waals surface area (Å²) >= 11 is 0. The van der Waals surface area contributed by atoms with Gasteiger partial charge in [0.15, 0.2) is 0 Å². The monoisotopic (exact) mass is 291 g/mol. The molecule has 0 fully saturated rings. The first-order valence-electron chi connectivity index (χ1n) is 6.78. The van der Waals surface area contributed by atoms with E-state index in [1.54, 1.807) is 36.2 Å². The van der Waals surface area contributed by atoms with Crippen LogP contribution in [0.3, 0.4) is 0 Å². The Labute approximate surface area is 124 Å². The molecule has 21 heavy (non-hydrogen) atoms. The van der Waals surface area contributed by atoms with Gasteiger partial charge in [0.25, 0.3) is 5.91 Å². The van der Waals surface area contributed by atoms with E-state index in [2.05, 4.69) is 0 Å². The molecule has 0 heterocycles. The average molecular weight is 291 g/mol. The van der Waals surface area contributed by atoms with Crippen molar-refractivity contribution in [3.05, 3.63) is 41.5 Å². The van der Waals surface area contributed by atoms with E-state index in [1.165, 1.54) is 6.08 Å². The summed E-state index contributed by atoms with van der Waals surface area (Å²) in [6.07, 6.45) is 2.69. The molecular formula is C16H21NO4. The molecule has 0 aromatic heterocycles. The fraction of sp³-hybridized carbons (Fsp3) is 0.375. The number of nitrogens with zero attached hydrogens (tertiary/aromatic N) is 1. The van der Waals surface area contributed by atoms with Crippen molar-refractivity contribution in [3.63, 3.8) is 0 Å². The Morgan fingerprint density at radius 2 is 1.90 bits per heavy atom. The summed E-state index contributed by atoms with van der Waals surface area (Å²) in [6.45, 7) is 4.92. The maximum atomic E-state index is 12.2. The highest BCUT2D eigenvalue weighted by Gasteiger charge is 2.11. The van der Waals surface area contributed by atoms with Crippen LogP contribution >= 0.6 is 0 Å². The number of likely N-dealkylation sites (N-methyl/N-ethyl adjacent to an activating group) is 1. The summed E-state index contributed by atoms with van der Waals surface area (Å²) in [5, 5.41) is 8.55. The van der Waals surface area contributed by atoms with Gasteiger partial charge in [-0.05, 0) is 37.6 Å². The Morgan fingerprint density at radius 3 is 2.43 bits per heavy atom. The van der Waals surface area contributed by atoms with Crippen LogP contribution in [0.2, 0.25) is 0 Å². The largest absolute Gasteiger partial charge is 0.478 e. The number of ether oxygens (including phenoxy) is 1. The van der Waals surface area contributed by atoms with Gasteiger partial charge in [-0.15, -0.1) is 0 Å². The van der Waals surface area contributed by atoms with E-state index in [0.717, 1.165) is 11.6 Å². The highest BCUT2D eigenvalue weighted by molar-refractivity contribution is 5.94. The van der Waals surface area contributed by atoms with E-state index >= 15 is 0 Å². The third-order valence-corrected chi connectivity index (χ3v) is 2.80. The summed E-state index contributed by atoms with van der Waals surface area (Å²) in [4.78, 5) is 24.2. The molecule has 0 aliphatic carbocycles. The highest BCUT2D eigenvalue weighted by atomic mass is 16.5. The molecule has 0 spiro atoms. The average Bonchev–Trinajstić information content (AvgIpc) is 2.44. The van der Waals surface area contributed by atoms with Crippen molar-refractivity contribution in [2.24, 2.45) is 0 Å². The molecule has 0 unspecified atom stereocenters. The second-order valence-corrected chi connectivity index (χ2v) is 4.94. The second-order valence-electron chi connectivity index (χ2n) is 4.94. The van der Waals surface area contributed by atoms with E-state index in [4.69, 9.17) is 9.84 Å². The van der Waals surface area contributed by atoms with Crippen LogP contribution in [-0.4, -0.2) is 48.2 Å². The van der Waals surface area contributed by atoms with Gasteiger partial charge >= 0.3 is 5.97 Å². The van der Waals surface area contributed by atoms with Crippen LogP contribution in [-0.2, 0) is 9.53 Å². The van der Waals surface area contributed by atoms with Crippen molar-refractivity contribution in [2.75, 3.05) is 20.2 Å². The fourth-order valence-corrected chi connectivity index (χ4v) is 1.65. The first kappa shape index (κ1) is 16.9. The maximum Gasteiger partial charge on any atom is 0.328 e. The predicted molar refractivity (Wildman–Crippen MR) is 81.2 cm³/mol. The van der Waals surface area contributed by atoms with Crippen LogP contribution in [0.15, 0.2) is 30.3 Å². The molecule has 0 bridgehead atoms. The number of amides is 1. The molecule has 0 radical (unpaired) electrons. The normalized spacial score (nSPS) is 11.0. The van der Waals surface area contributed by atoms with Gasteiger partial charge < -0.3 is 14.7 Å². The van der Waals surface area contributed by atoms with Gasteiger partial charge in [0.2, 0.25) is 0 Å². The van der Waals surface area contributed by atoms with E-state index in [-0.39, 0.29) is 12.0 Å². The van der Waals surface area contributed by atoms with Crippen molar-refractivity contribution in [1.29, 1.82) is 0 Å². The Morgan fingerprint density at radius 1 is 1.29 bits per heavy atom. The van der Waals surface area contributed by atoms with Gasteiger partial charge in [-0.3, -0.25) is 4.79 Å². The molecule has 5 nitrogen and oxygen atoms in total. The quantitative estimate of drug-likeness (QED) is 0.783. The Kier molecular flexibility index (Phi) is 6.62. The topological polar surface area (TPSA) is 66.8 Å². The minimum atomic E-state index is -1.000. The molecule has 114 valence electrons. The minimum Gasteiger partial charge on any atom is -0.478 e. The van der Waals surface area contributed by atoms with Crippen LogP contribution in [0.5, 0.6) is 0 Å². The van der Waals surface area contributed by atoms with Gasteiger partial charge in [-0.2, -0.15) is 0 Å². The number of carboxylic acids is 1. The minimum absolute atomic E-state index is 0.0869. The number of carbonyl (C=O) groups is 2. The number of carboxylic acid groups (broad SMARTS) is 1. The van der Waals surface area contributed by atoms with Crippen LogP contribution < -0.4 is 0 Å². The van der Waals surface area contributed by atoms with E-state index in [0.29, 0.717) is 18.7 Å². The Hall–Kier alpha value is -2.14. The molecule has 0 aliphatic rings. The smallest absolute Gasteiger partial charge is 0.328 e. The molecule has 5 heteroatoms. The number of aliphatic carboxylic acids is 1. The summed E-state index contributed by atoms with van der Waals surface area (Å²) in [6, 6.07) is 6.80. The molecule has 1 amide bonds. The summed E-state index contributed by atoms with van der Waals surface area (Å²) < 4.78 is 5.41. The van der Waals surface area contributed by atoms with Crippen LogP contribution in [0, 0.1) is 0 Å². The SMILES string of the molecule is CC(C)OCCN(C)C(=O)c1ccc(/C=C/C(=O)O)cc1. The van der Waals surface area contributed by atoms with Crippen molar-refractivity contribution < 1.29 is 19.4 Å². The van der Waals surface area contributed by atoms with E-state index in [1.807, 2.05) is 13.8 Å². The lowest BCUT2D eigenvalue weighted by molar-refractivity contribution is -0.131. The number of carbonyl (C=O) groups excluding carboxylic acids is 1. The standard InChI is InChI=1S/C16H21NO4/c1-12(2)21-11-10-17(3)16(20)14-7-4-13(5-8-14)6-9-15(18)19/h4-9,12H,10-11H2,1-3H3,(H,18,19)/b9-6+. The zero-order valence-electron chi connectivity index (χ0n) is 12.6. The highest BCUT2D eigenvalue weighted by Crippen LogP contribution is 2.08. The molecule has 0 saturated carbocycles. The van der Waals surface area contributed by atoms with Crippen LogP contribution in [0.1, 0.15) is 29.8 Å². The number of hydrogen-bond acceptors (Lipinski definition) is 3. The molecule has 1 aromatic carbocycles. The third kappa shape index (κ3) is 6.23. The molecule has 0 atom stereocenters. The van der Waals surface area contributed by atoms with E-state index < -0.39 is 5.97 Å². The lowest BCUT2D eigenvalue weighted by atomic mass is 10.1.